The van der Waals surface area contributed by atoms with Crippen molar-refractivity contribution in [1.82, 2.24) is 5.32 Å². The van der Waals surface area contributed by atoms with Crippen LogP contribution in [0.5, 0.6) is 0 Å². The Morgan fingerprint density at radius 3 is 1.91 bits per heavy atom. The average Bonchev–Trinajstić information content (AvgIpc) is 2.52. The van der Waals surface area contributed by atoms with E-state index in [1.165, 1.54) is 42.7 Å². The Kier molecular flexibility index (Phi) is 10.4. The summed E-state index contributed by atoms with van der Waals surface area (Å²) in [5, 5.41) is 6.87. The van der Waals surface area contributed by atoms with Gasteiger partial charge in [-0.05, 0) is 19.1 Å². The summed E-state index contributed by atoms with van der Waals surface area (Å²) in [5.41, 5.74) is 0.366. The van der Waals surface area contributed by atoms with Crippen molar-refractivity contribution in [2.75, 3.05) is 7.05 Å². The lowest BCUT2D eigenvalue weighted by atomic mass is 10.2. The number of carbonyl (C=O) groups excluding carboxylic acids is 2. The fourth-order valence-electron chi connectivity index (χ4n) is 1.13. The van der Waals surface area contributed by atoms with Gasteiger partial charge >= 0.3 is 11.9 Å². The molecule has 0 heterocycles. The quantitative estimate of drug-likeness (QED) is 0.305. The number of allylic oxidation sites excluding steroid dienone is 5. The van der Waals surface area contributed by atoms with Gasteiger partial charge in [-0.1, -0.05) is 43.5 Å². The Bertz CT molecular complexity index is 527. The van der Waals surface area contributed by atoms with Crippen LogP contribution in [0.3, 0.4) is 0 Å². The Morgan fingerprint density at radius 1 is 0.955 bits per heavy atom. The van der Waals surface area contributed by atoms with Crippen molar-refractivity contribution >= 4 is 11.9 Å². The Balaban J connectivity index is 4.52. The van der Waals surface area contributed by atoms with Gasteiger partial charge in [-0.3, -0.25) is 9.78 Å². The minimum absolute atomic E-state index is 0.149. The molecule has 118 valence electrons. The van der Waals surface area contributed by atoms with E-state index in [2.05, 4.69) is 33.3 Å². The lowest BCUT2D eigenvalue weighted by Gasteiger charge is -2.03. The molecule has 0 rings (SSSR count). The van der Waals surface area contributed by atoms with Crippen LogP contribution in [0.25, 0.3) is 0 Å². The summed E-state index contributed by atoms with van der Waals surface area (Å²) in [6, 6.07) is 0. The number of hydrogen-bond acceptors (Lipinski definition) is 6. The minimum atomic E-state index is -0.844. The van der Waals surface area contributed by atoms with Gasteiger partial charge in [0, 0.05) is 18.3 Å². The third kappa shape index (κ3) is 7.66. The molecular formula is C16H19NO5. The van der Waals surface area contributed by atoms with Crippen molar-refractivity contribution in [2.24, 2.45) is 0 Å². The molecule has 0 atom stereocenters. The van der Waals surface area contributed by atoms with Crippen LogP contribution in [0.4, 0.5) is 0 Å². The van der Waals surface area contributed by atoms with E-state index >= 15 is 0 Å². The van der Waals surface area contributed by atoms with E-state index in [9.17, 15) is 9.59 Å². The molecule has 0 saturated heterocycles. The summed E-state index contributed by atoms with van der Waals surface area (Å²) in [6.45, 7) is 8.61. The molecule has 0 radical (unpaired) electrons. The zero-order valence-electron chi connectivity index (χ0n) is 12.6. The van der Waals surface area contributed by atoms with Crippen molar-refractivity contribution in [3.05, 3.63) is 73.0 Å². The van der Waals surface area contributed by atoms with Gasteiger partial charge in [0.1, 0.15) is 0 Å². The van der Waals surface area contributed by atoms with E-state index in [0.29, 0.717) is 0 Å². The van der Waals surface area contributed by atoms with Gasteiger partial charge < -0.3 is 5.32 Å². The first-order valence-electron chi connectivity index (χ1n) is 6.32. The second-order valence-electron chi connectivity index (χ2n) is 3.63. The molecule has 0 spiro atoms. The largest absolute Gasteiger partial charge is 0.393 e. The second kappa shape index (κ2) is 11.9. The number of rotatable bonds is 9. The van der Waals surface area contributed by atoms with Crippen LogP contribution in [-0.2, 0) is 24.4 Å². The van der Waals surface area contributed by atoms with E-state index < -0.39 is 11.9 Å². The zero-order chi connectivity index (χ0) is 16.8. The second-order valence-corrected chi connectivity index (χ2v) is 3.63. The van der Waals surface area contributed by atoms with Crippen molar-refractivity contribution in [3.8, 4) is 0 Å². The normalized spacial score (nSPS) is 12.3. The Hall–Kier alpha value is -2.86. The standard InChI is InChI=1S/C16H19NO5/c1-5-8-10-13(7-3)15(18)20-22-21-16(19)14(12-17-4)11-9-6-2/h5-12,17H,1-2H2,3-4H3/b10-8-,11-9-,13-7+,14-12+. The van der Waals surface area contributed by atoms with Gasteiger partial charge in [0.25, 0.3) is 0 Å². The third-order valence-corrected chi connectivity index (χ3v) is 2.13. The van der Waals surface area contributed by atoms with Crippen LogP contribution in [0.1, 0.15) is 6.92 Å². The summed E-state index contributed by atoms with van der Waals surface area (Å²) in [6.07, 6.45) is 11.9. The molecule has 6 nitrogen and oxygen atoms in total. The van der Waals surface area contributed by atoms with Gasteiger partial charge in [-0.2, -0.15) is 0 Å². The first-order valence-corrected chi connectivity index (χ1v) is 6.32. The number of hydrogen-bond donors (Lipinski definition) is 1. The topological polar surface area (TPSA) is 73.9 Å². The summed E-state index contributed by atoms with van der Waals surface area (Å²) in [4.78, 5) is 32.0. The van der Waals surface area contributed by atoms with E-state index in [0.717, 1.165) is 0 Å². The molecule has 0 bridgehead atoms. The molecule has 0 aliphatic rings. The molecule has 1 N–H and O–H groups in total. The van der Waals surface area contributed by atoms with Crippen LogP contribution in [0, 0.1) is 0 Å². The average molecular weight is 305 g/mol. The summed E-state index contributed by atoms with van der Waals surface area (Å²) >= 11 is 0. The predicted octanol–water partition coefficient (Wildman–Crippen LogP) is 2.45. The molecule has 0 amide bonds. The lowest BCUT2D eigenvalue weighted by molar-refractivity contribution is -0.456. The molecule has 0 unspecified atom stereocenters. The first kappa shape index (κ1) is 19.1. The molecule has 0 aliphatic carbocycles. The molecule has 22 heavy (non-hydrogen) atoms. The summed E-state index contributed by atoms with van der Waals surface area (Å²) in [5.74, 6) is -1.65. The van der Waals surface area contributed by atoms with E-state index in [1.807, 2.05) is 0 Å². The van der Waals surface area contributed by atoms with Gasteiger partial charge in [0.05, 0.1) is 11.1 Å². The van der Waals surface area contributed by atoms with Crippen LogP contribution >= 0.6 is 0 Å². The van der Waals surface area contributed by atoms with Crippen LogP contribution in [0.15, 0.2) is 73.0 Å². The molecule has 6 heteroatoms. The molecule has 0 saturated carbocycles. The van der Waals surface area contributed by atoms with Crippen molar-refractivity contribution < 1.29 is 24.4 Å². The Morgan fingerprint density at radius 2 is 1.45 bits per heavy atom. The highest BCUT2D eigenvalue weighted by molar-refractivity contribution is 5.92. The molecule has 0 aromatic carbocycles. The van der Waals surface area contributed by atoms with Crippen LogP contribution < -0.4 is 5.32 Å². The third-order valence-electron chi connectivity index (χ3n) is 2.13. The molecule has 0 aromatic rings. The smallest absolute Gasteiger partial charge is 0.378 e. The summed E-state index contributed by atoms with van der Waals surface area (Å²) in [7, 11) is 1.61. The van der Waals surface area contributed by atoms with Gasteiger partial charge in [0.15, 0.2) is 0 Å². The monoisotopic (exact) mass is 305 g/mol. The molecule has 0 aromatic heterocycles. The highest BCUT2D eigenvalue weighted by Gasteiger charge is 2.13. The SMILES string of the molecule is C=C/C=C\C(=C/C)C(=O)OOOC(=O)C(/C=C\C=C)=C/NC. The minimum Gasteiger partial charge on any atom is -0.393 e. The van der Waals surface area contributed by atoms with Crippen molar-refractivity contribution in [2.45, 2.75) is 6.92 Å². The Labute approximate surface area is 129 Å². The van der Waals surface area contributed by atoms with E-state index in [1.54, 1.807) is 20.0 Å². The molecule has 0 fully saturated rings. The first-order chi connectivity index (χ1) is 10.6. The van der Waals surface area contributed by atoms with Gasteiger partial charge in [-0.15, -0.1) is 0 Å². The number of carbonyl (C=O) groups is 2. The molecular weight excluding hydrogens is 286 g/mol. The predicted molar refractivity (Wildman–Crippen MR) is 82.8 cm³/mol. The fraction of sp³-hybridized carbons (Fsp3) is 0.125. The van der Waals surface area contributed by atoms with E-state index in [-0.39, 0.29) is 11.1 Å². The zero-order valence-corrected chi connectivity index (χ0v) is 12.6. The maximum absolute atomic E-state index is 11.7. The lowest BCUT2D eigenvalue weighted by Crippen LogP contribution is -2.13. The van der Waals surface area contributed by atoms with Gasteiger partial charge in [-0.25, -0.2) is 9.59 Å². The van der Waals surface area contributed by atoms with Crippen molar-refractivity contribution in [1.29, 1.82) is 0 Å². The van der Waals surface area contributed by atoms with E-state index in [4.69, 9.17) is 0 Å². The summed E-state index contributed by atoms with van der Waals surface area (Å²) < 4.78 is 0. The highest BCUT2D eigenvalue weighted by Crippen LogP contribution is 2.04. The fourth-order valence-corrected chi connectivity index (χ4v) is 1.13. The van der Waals surface area contributed by atoms with Crippen LogP contribution in [0.2, 0.25) is 0 Å². The number of nitrogens with one attached hydrogen (secondary N) is 1. The molecule has 0 aliphatic heterocycles. The van der Waals surface area contributed by atoms with Crippen molar-refractivity contribution in [3.63, 3.8) is 0 Å². The maximum Gasteiger partial charge on any atom is 0.378 e. The van der Waals surface area contributed by atoms with Gasteiger partial charge in [0.2, 0.25) is 0 Å². The maximum atomic E-state index is 11.7. The highest BCUT2D eigenvalue weighted by atomic mass is 17.5. The van der Waals surface area contributed by atoms with Crippen LogP contribution in [-0.4, -0.2) is 19.0 Å².